The number of thioether (sulfide) groups is 2. The van der Waals surface area contributed by atoms with E-state index in [1.165, 1.54) is 11.8 Å². The molecule has 0 bridgehead atoms. The second-order valence-corrected chi connectivity index (χ2v) is 6.14. The largest absolute Gasteiger partial charge is 0.481 e. The Morgan fingerprint density at radius 3 is 2.78 bits per heavy atom. The maximum Gasteiger partial charge on any atom is 0.313 e. The molecule has 1 N–H and O–H groups in total. The molecule has 0 radical (unpaired) electrons. The summed E-state index contributed by atoms with van der Waals surface area (Å²) in [6.45, 7) is 5.06. The highest BCUT2D eigenvalue weighted by Gasteiger charge is 2.13. The van der Waals surface area contributed by atoms with Gasteiger partial charge in [0.05, 0.1) is 5.75 Å². The maximum absolute atomic E-state index is 10.6. The van der Waals surface area contributed by atoms with Gasteiger partial charge in [-0.05, 0) is 12.7 Å². The molecule has 5 nitrogen and oxygen atoms in total. The van der Waals surface area contributed by atoms with Crippen molar-refractivity contribution in [2.45, 2.75) is 43.6 Å². The van der Waals surface area contributed by atoms with Crippen LogP contribution in [-0.4, -0.2) is 43.1 Å². The van der Waals surface area contributed by atoms with Crippen LogP contribution >= 0.6 is 23.5 Å². The highest BCUT2D eigenvalue weighted by molar-refractivity contribution is 7.99. The first kappa shape index (κ1) is 15.4. The minimum atomic E-state index is -0.829. The van der Waals surface area contributed by atoms with Crippen molar-refractivity contribution in [2.24, 2.45) is 0 Å². The number of carboxylic acids is 1. The van der Waals surface area contributed by atoms with Gasteiger partial charge in [0, 0.05) is 18.2 Å². The van der Waals surface area contributed by atoms with Crippen LogP contribution in [0.2, 0.25) is 0 Å². The predicted molar refractivity (Wildman–Crippen MR) is 75.4 cm³/mol. The molecule has 1 rings (SSSR count). The van der Waals surface area contributed by atoms with E-state index in [0.717, 1.165) is 25.2 Å². The van der Waals surface area contributed by atoms with Gasteiger partial charge >= 0.3 is 5.97 Å². The molecule has 0 aliphatic carbocycles. The van der Waals surface area contributed by atoms with E-state index in [-0.39, 0.29) is 5.75 Å². The minimum absolute atomic E-state index is 0.0277. The van der Waals surface area contributed by atoms with Crippen molar-refractivity contribution in [1.29, 1.82) is 0 Å². The monoisotopic (exact) mass is 289 g/mol. The zero-order valence-electron chi connectivity index (χ0n) is 10.9. The van der Waals surface area contributed by atoms with E-state index >= 15 is 0 Å². The Morgan fingerprint density at radius 1 is 1.50 bits per heavy atom. The van der Waals surface area contributed by atoms with Gasteiger partial charge in [-0.25, -0.2) is 0 Å². The summed E-state index contributed by atoms with van der Waals surface area (Å²) < 4.78 is 2.04. The van der Waals surface area contributed by atoms with Crippen LogP contribution in [0.25, 0.3) is 0 Å². The highest BCUT2D eigenvalue weighted by Crippen LogP contribution is 2.19. The van der Waals surface area contributed by atoms with Crippen LogP contribution in [0, 0.1) is 0 Å². The lowest BCUT2D eigenvalue weighted by atomic mass is 10.3. The van der Waals surface area contributed by atoms with E-state index in [9.17, 15) is 4.79 Å². The number of nitrogens with zero attached hydrogens (tertiary/aromatic N) is 3. The molecule has 1 atom stereocenters. The van der Waals surface area contributed by atoms with Crippen LogP contribution in [0.5, 0.6) is 0 Å². The fourth-order valence-electron chi connectivity index (χ4n) is 1.47. The Kier molecular flexibility index (Phi) is 6.56. The van der Waals surface area contributed by atoms with Crippen LogP contribution in [-0.2, 0) is 17.8 Å². The van der Waals surface area contributed by atoms with Gasteiger partial charge < -0.3 is 9.67 Å². The normalized spacial score (nSPS) is 12.6. The van der Waals surface area contributed by atoms with E-state index < -0.39 is 5.97 Å². The first-order valence-electron chi connectivity index (χ1n) is 5.87. The summed E-state index contributed by atoms with van der Waals surface area (Å²) in [4.78, 5) is 10.6. The Bertz CT molecular complexity index is 396. The zero-order valence-corrected chi connectivity index (χ0v) is 12.6. The molecule has 0 amide bonds. The van der Waals surface area contributed by atoms with Gasteiger partial charge in [0.2, 0.25) is 0 Å². The lowest BCUT2D eigenvalue weighted by molar-refractivity contribution is -0.133. The number of aromatic nitrogens is 3. The van der Waals surface area contributed by atoms with Gasteiger partial charge in [-0.2, -0.15) is 11.8 Å². The Balaban J connectivity index is 2.71. The summed E-state index contributed by atoms with van der Waals surface area (Å²) >= 11 is 3.06. The van der Waals surface area contributed by atoms with Crippen molar-refractivity contribution in [1.82, 2.24) is 14.8 Å². The van der Waals surface area contributed by atoms with Gasteiger partial charge in [-0.3, -0.25) is 4.79 Å². The molecule has 1 heterocycles. The summed E-state index contributed by atoms with van der Waals surface area (Å²) in [5, 5.41) is 18.2. The smallest absolute Gasteiger partial charge is 0.313 e. The summed E-state index contributed by atoms with van der Waals surface area (Å²) in [5.74, 6) is 0.126. The number of hydrogen-bond donors (Lipinski definition) is 1. The van der Waals surface area contributed by atoms with Crippen molar-refractivity contribution < 1.29 is 9.90 Å². The third-order valence-electron chi connectivity index (χ3n) is 2.60. The average molecular weight is 289 g/mol. The summed E-state index contributed by atoms with van der Waals surface area (Å²) in [6, 6.07) is 0. The fraction of sp³-hybridized carbons (Fsp3) is 0.727. The van der Waals surface area contributed by atoms with Gasteiger partial charge in [0.25, 0.3) is 0 Å². The average Bonchev–Trinajstić information content (AvgIpc) is 2.75. The van der Waals surface area contributed by atoms with Crippen molar-refractivity contribution in [2.75, 3.05) is 12.0 Å². The lowest BCUT2D eigenvalue weighted by Gasteiger charge is -2.11. The zero-order chi connectivity index (χ0) is 13.5. The molecule has 1 unspecified atom stereocenters. The number of aryl methyl sites for hydroxylation is 1. The summed E-state index contributed by atoms with van der Waals surface area (Å²) in [7, 11) is 0. The van der Waals surface area contributed by atoms with Gasteiger partial charge in [-0.15, -0.1) is 10.2 Å². The fourth-order valence-corrected chi connectivity index (χ4v) is 2.51. The van der Waals surface area contributed by atoms with Crippen LogP contribution in [0.1, 0.15) is 26.1 Å². The first-order valence-corrected chi connectivity index (χ1v) is 8.15. The quantitative estimate of drug-likeness (QED) is 0.740. The van der Waals surface area contributed by atoms with Gasteiger partial charge in [0.1, 0.15) is 5.82 Å². The second-order valence-electron chi connectivity index (χ2n) is 3.92. The summed E-state index contributed by atoms with van der Waals surface area (Å²) in [5.41, 5.74) is 0. The molecule has 1 aromatic rings. The van der Waals surface area contributed by atoms with Crippen LogP contribution in [0.3, 0.4) is 0 Å². The van der Waals surface area contributed by atoms with E-state index in [0.29, 0.717) is 10.4 Å². The number of carbonyl (C=O) groups is 1. The molecule has 0 aliphatic heterocycles. The first-order chi connectivity index (χ1) is 8.58. The second kappa shape index (κ2) is 7.68. The summed E-state index contributed by atoms with van der Waals surface area (Å²) in [6.07, 6.45) is 3.94. The number of aliphatic carboxylic acids is 1. The van der Waals surface area contributed by atoms with Crippen molar-refractivity contribution in [3.63, 3.8) is 0 Å². The molecule has 0 aromatic carbocycles. The molecule has 1 aromatic heterocycles. The van der Waals surface area contributed by atoms with Gasteiger partial charge in [-0.1, -0.05) is 25.6 Å². The van der Waals surface area contributed by atoms with E-state index in [1.807, 2.05) is 23.3 Å². The van der Waals surface area contributed by atoms with E-state index in [2.05, 4.69) is 23.4 Å². The Morgan fingerprint density at radius 2 is 2.22 bits per heavy atom. The number of hydrogen-bond acceptors (Lipinski definition) is 5. The van der Waals surface area contributed by atoms with Crippen LogP contribution in [0.15, 0.2) is 5.16 Å². The lowest BCUT2D eigenvalue weighted by Crippen LogP contribution is -2.10. The van der Waals surface area contributed by atoms with Crippen molar-refractivity contribution in [3.05, 3.63) is 5.82 Å². The molecule has 18 heavy (non-hydrogen) atoms. The molecular weight excluding hydrogens is 270 g/mol. The van der Waals surface area contributed by atoms with E-state index in [4.69, 9.17) is 5.11 Å². The maximum atomic E-state index is 10.6. The molecule has 0 saturated heterocycles. The van der Waals surface area contributed by atoms with Gasteiger partial charge in [0.15, 0.2) is 5.16 Å². The minimum Gasteiger partial charge on any atom is -0.481 e. The Hall–Kier alpha value is -0.690. The predicted octanol–water partition coefficient (Wildman–Crippen LogP) is 2.16. The molecule has 102 valence electrons. The number of carboxylic acid groups (broad SMARTS) is 1. The van der Waals surface area contributed by atoms with Crippen LogP contribution < -0.4 is 0 Å². The third kappa shape index (κ3) is 4.53. The molecule has 0 saturated carbocycles. The van der Waals surface area contributed by atoms with Crippen molar-refractivity contribution >= 4 is 29.5 Å². The molecule has 0 spiro atoms. The van der Waals surface area contributed by atoms with Crippen LogP contribution in [0.4, 0.5) is 0 Å². The Labute approximate surface area is 116 Å². The molecule has 0 aliphatic rings. The van der Waals surface area contributed by atoms with Crippen molar-refractivity contribution in [3.8, 4) is 0 Å². The molecule has 7 heteroatoms. The van der Waals surface area contributed by atoms with E-state index in [1.54, 1.807) is 0 Å². The topological polar surface area (TPSA) is 68.0 Å². The SMILES string of the molecule is CCc1nnc(SCC(=O)O)n1CCC(C)SC. The third-order valence-corrected chi connectivity index (χ3v) is 4.59. The highest BCUT2D eigenvalue weighted by atomic mass is 32.2. The molecular formula is C11H19N3O2S2. The number of rotatable bonds is 8. The molecule has 0 fully saturated rings. The standard InChI is InChI=1S/C11H19N3O2S2/c1-4-9-12-13-11(18-7-10(15)16)14(9)6-5-8(2)17-3/h8H,4-7H2,1-3H3,(H,15,16).